The van der Waals surface area contributed by atoms with E-state index in [1.54, 1.807) is 0 Å². The molecule has 1 saturated heterocycles. The zero-order chi connectivity index (χ0) is 14.8. The van der Waals surface area contributed by atoms with Crippen LogP contribution in [0.5, 0.6) is 0 Å². The third kappa shape index (κ3) is 4.10. The van der Waals surface area contributed by atoms with Gasteiger partial charge < -0.3 is 4.90 Å². The van der Waals surface area contributed by atoms with E-state index < -0.39 is 12.1 Å². The standard InChI is InChI=1S/C14H15F3INO/c15-14(16,17)11-2-1-7-19(9-11)13(20)8-10-3-5-12(18)6-4-10/h3-6,11H,1-2,7-9H2. The normalized spacial score (nSPS) is 20.0. The van der Waals surface area contributed by atoms with Gasteiger partial charge >= 0.3 is 6.18 Å². The molecule has 2 rings (SSSR count). The minimum absolute atomic E-state index is 0.122. The van der Waals surface area contributed by atoms with Crippen molar-refractivity contribution >= 4 is 28.5 Å². The molecule has 110 valence electrons. The van der Waals surface area contributed by atoms with Crippen molar-refractivity contribution in [2.45, 2.75) is 25.4 Å². The van der Waals surface area contributed by atoms with Crippen molar-refractivity contribution in [3.8, 4) is 0 Å². The fourth-order valence-electron chi connectivity index (χ4n) is 2.36. The van der Waals surface area contributed by atoms with Gasteiger partial charge in [0.15, 0.2) is 0 Å². The van der Waals surface area contributed by atoms with Crippen LogP contribution in [0.1, 0.15) is 18.4 Å². The van der Waals surface area contributed by atoms with E-state index >= 15 is 0 Å². The molecule has 0 spiro atoms. The molecule has 0 N–H and O–H groups in total. The summed E-state index contributed by atoms with van der Waals surface area (Å²) in [5.41, 5.74) is 0.838. The number of carbonyl (C=O) groups is 1. The first kappa shape index (κ1) is 15.6. The Balaban J connectivity index is 1.97. The number of hydrogen-bond acceptors (Lipinski definition) is 1. The Kier molecular flexibility index (Phi) is 4.93. The van der Waals surface area contributed by atoms with Crippen molar-refractivity contribution in [3.05, 3.63) is 33.4 Å². The van der Waals surface area contributed by atoms with Crippen molar-refractivity contribution in [3.63, 3.8) is 0 Å². The number of benzene rings is 1. The summed E-state index contributed by atoms with van der Waals surface area (Å²) in [5.74, 6) is -1.60. The molecule has 0 aliphatic carbocycles. The van der Waals surface area contributed by atoms with Crippen molar-refractivity contribution in [2.75, 3.05) is 13.1 Å². The van der Waals surface area contributed by atoms with Gasteiger partial charge in [-0.05, 0) is 53.1 Å². The van der Waals surface area contributed by atoms with Crippen LogP contribution in [0.25, 0.3) is 0 Å². The summed E-state index contributed by atoms with van der Waals surface area (Å²) in [5, 5.41) is 0. The Morgan fingerprint density at radius 2 is 1.95 bits per heavy atom. The molecule has 1 aromatic rings. The Hall–Kier alpha value is -0.790. The van der Waals surface area contributed by atoms with Crippen LogP contribution in [0.2, 0.25) is 0 Å². The second-order valence-corrected chi connectivity index (χ2v) is 6.27. The highest BCUT2D eigenvalue weighted by molar-refractivity contribution is 14.1. The van der Waals surface area contributed by atoms with Gasteiger partial charge in [-0.3, -0.25) is 4.79 Å². The molecule has 1 fully saturated rings. The van der Waals surface area contributed by atoms with E-state index in [0.29, 0.717) is 13.0 Å². The van der Waals surface area contributed by atoms with Crippen LogP contribution < -0.4 is 0 Å². The van der Waals surface area contributed by atoms with E-state index in [0.717, 1.165) is 9.13 Å². The van der Waals surface area contributed by atoms with Crippen molar-refractivity contribution in [1.29, 1.82) is 0 Å². The molecule has 0 saturated carbocycles. The molecule has 1 amide bonds. The van der Waals surface area contributed by atoms with Gasteiger partial charge in [0.25, 0.3) is 0 Å². The molecule has 0 radical (unpaired) electrons. The molecular formula is C14H15F3INO. The number of halogens is 4. The van der Waals surface area contributed by atoms with Crippen LogP contribution in [0.15, 0.2) is 24.3 Å². The number of rotatable bonds is 2. The molecule has 0 aromatic heterocycles. The Labute approximate surface area is 129 Å². The smallest absolute Gasteiger partial charge is 0.342 e. The van der Waals surface area contributed by atoms with Gasteiger partial charge in [0.05, 0.1) is 12.3 Å². The molecule has 6 heteroatoms. The maximum absolute atomic E-state index is 12.7. The van der Waals surface area contributed by atoms with Gasteiger partial charge in [0.1, 0.15) is 0 Å². The molecule has 1 atom stereocenters. The number of nitrogens with zero attached hydrogens (tertiary/aromatic N) is 1. The van der Waals surface area contributed by atoms with E-state index in [9.17, 15) is 18.0 Å². The maximum atomic E-state index is 12.7. The maximum Gasteiger partial charge on any atom is 0.393 e. The number of alkyl halides is 3. The van der Waals surface area contributed by atoms with Crippen LogP contribution in [-0.4, -0.2) is 30.1 Å². The summed E-state index contributed by atoms with van der Waals surface area (Å²) in [7, 11) is 0. The molecule has 1 unspecified atom stereocenters. The quantitative estimate of drug-likeness (QED) is 0.699. The molecule has 1 aromatic carbocycles. The highest BCUT2D eigenvalue weighted by Crippen LogP contribution is 2.33. The SMILES string of the molecule is O=C(Cc1ccc(I)cc1)N1CCCC(C(F)(F)F)C1. The topological polar surface area (TPSA) is 20.3 Å². The van der Waals surface area contributed by atoms with Gasteiger partial charge in [0, 0.05) is 16.7 Å². The molecule has 2 nitrogen and oxygen atoms in total. The first-order valence-corrected chi connectivity index (χ1v) is 7.53. The number of likely N-dealkylation sites (tertiary alicyclic amines) is 1. The van der Waals surface area contributed by atoms with E-state index in [2.05, 4.69) is 22.6 Å². The lowest BCUT2D eigenvalue weighted by atomic mass is 9.97. The Bertz CT molecular complexity index is 472. The minimum Gasteiger partial charge on any atom is -0.342 e. The summed E-state index contributed by atoms with van der Waals surface area (Å²) < 4.78 is 39.2. The largest absolute Gasteiger partial charge is 0.393 e. The van der Waals surface area contributed by atoms with Crippen LogP contribution in [-0.2, 0) is 11.2 Å². The zero-order valence-electron chi connectivity index (χ0n) is 10.8. The molecule has 1 aliphatic heterocycles. The third-order valence-electron chi connectivity index (χ3n) is 3.51. The molecular weight excluding hydrogens is 382 g/mol. The van der Waals surface area contributed by atoms with Crippen LogP contribution in [0, 0.1) is 9.49 Å². The highest BCUT2D eigenvalue weighted by Gasteiger charge is 2.42. The minimum atomic E-state index is -4.21. The average Bonchev–Trinajstić information content (AvgIpc) is 2.40. The summed E-state index contributed by atoms with van der Waals surface area (Å²) in [6.45, 7) is 0.225. The fraction of sp³-hybridized carbons (Fsp3) is 0.500. The molecule has 0 bridgehead atoms. The number of amides is 1. The molecule has 1 heterocycles. The van der Waals surface area contributed by atoms with Gasteiger partial charge in [-0.25, -0.2) is 0 Å². The lowest BCUT2D eigenvalue weighted by molar-refractivity contribution is -0.187. The van der Waals surface area contributed by atoms with Crippen LogP contribution in [0.4, 0.5) is 13.2 Å². The summed E-state index contributed by atoms with van der Waals surface area (Å²) in [4.78, 5) is 13.4. The van der Waals surface area contributed by atoms with Crippen molar-refractivity contribution in [2.24, 2.45) is 5.92 Å². The Morgan fingerprint density at radius 3 is 2.55 bits per heavy atom. The van der Waals surface area contributed by atoms with Gasteiger partial charge in [-0.2, -0.15) is 13.2 Å². The first-order valence-electron chi connectivity index (χ1n) is 6.45. The second-order valence-electron chi connectivity index (χ2n) is 5.02. The van der Waals surface area contributed by atoms with E-state index in [4.69, 9.17) is 0 Å². The predicted octanol–water partition coefficient (Wildman–Crippen LogP) is 3.63. The fourth-order valence-corrected chi connectivity index (χ4v) is 2.72. The van der Waals surface area contributed by atoms with Crippen molar-refractivity contribution < 1.29 is 18.0 Å². The predicted molar refractivity (Wildman–Crippen MR) is 78.2 cm³/mol. The number of carbonyl (C=O) groups excluding carboxylic acids is 1. The number of piperidine rings is 1. The van der Waals surface area contributed by atoms with Crippen molar-refractivity contribution in [1.82, 2.24) is 4.90 Å². The summed E-state index contributed by atoms with van der Waals surface area (Å²) in [6, 6.07) is 7.45. The lowest BCUT2D eigenvalue weighted by Crippen LogP contribution is -2.45. The molecule has 1 aliphatic rings. The van der Waals surface area contributed by atoms with E-state index in [1.807, 2.05) is 24.3 Å². The van der Waals surface area contributed by atoms with Gasteiger partial charge in [0.2, 0.25) is 5.91 Å². The number of hydrogen-bond donors (Lipinski definition) is 0. The summed E-state index contributed by atoms with van der Waals surface area (Å²) in [6.07, 6.45) is -3.50. The van der Waals surface area contributed by atoms with E-state index in [-0.39, 0.29) is 25.3 Å². The Morgan fingerprint density at radius 1 is 1.30 bits per heavy atom. The molecule has 20 heavy (non-hydrogen) atoms. The lowest BCUT2D eigenvalue weighted by Gasteiger charge is -2.33. The van der Waals surface area contributed by atoms with Crippen LogP contribution >= 0.6 is 22.6 Å². The zero-order valence-corrected chi connectivity index (χ0v) is 12.9. The average molecular weight is 397 g/mol. The van der Waals surface area contributed by atoms with Gasteiger partial charge in [-0.15, -0.1) is 0 Å². The van der Waals surface area contributed by atoms with Crippen LogP contribution in [0.3, 0.4) is 0 Å². The highest BCUT2D eigenvalue weighted by atomic mass is 127. The second kappa shape index (κ2) is 6.32. The monoisotopic (exact) mass is 397 g/mol. The third-order valence-corrected chi connectivity index (χ3v) is 4.22. The first-order chi connectivity index (χ1) is 9.36. The summed E-state index contributed by atoms with van der Waals surface area (Å²) >= 11 is 2.16. The van der Waals surface area contributed by atoms with E-state index in [1.165, 1.54) is 4.90 Å². The van der Waals surface area contributed by atoms with Gasteiger partial charge in [-0.1, -0.05) is 12.1 Å².